The molecule has 0 aliphatic heterocycles. The van der Waals surface area contributed by atoms with Crippen molar-refractivity contribution in [2.24, 2.45) is 5.10 Å². The monoisotopic (exact) mass is 210 g/mol. The van der Waals surface area contributed by atoms with Crippen LogP contribution in [-0.4, -0.2) is 23.0 Å². The molecule has 0 radical (unpaired) electrons. The molecule has 5 heteroatoms. The number of hydrogen-bond donors (Lipinski definition) is 3. The van der Waals surface area contributed by atoms with Gasteiger partial charge in [0.2, 0.25) is 5.91 Å². The zero-order chi connectivity index (χ0) is 10.4. The number of carbonyl (C=O) groups is 1. The highest BCUT2D eigenvalue weighted by molar-refractivity contribution is 7.81. The summed E-state index contributed by atoms with van der Waals surface area (Å²) in [5.41, 5.74) is 2.80. The first-order valence-electron chi connectivity index (χ1n) is 3.95. The van der Waals surface area contributed by atoms with Gasteiger partial charge in [-0.05, 0) is 12.1 Å². The first-order valence-corrected chi connectivity index (χ1v) is 4.58. The molecular weight excluding hydrogens is 200 g/mol. The van der Waals surface area contributed by atoms with Crippen LogP contribution in [0.4, 0.5) is 0 Å². The molecule has 74 valence electrons. The summed E-state index contributed by atoms with van der Waals surface area (Å²) in [5, 5.41) is 13.0. The molecule has 0 unspecified atom stereocenters. The van der Waals surface area contributed by atoms with E-state index in [1.807, 2.05) is 0 Å². The van der Waals surface area contributed by atoms with Crippen molar-refractivity contribution in [2.75, 3.05) is 5.75 Å². The summed E-state index contributed by atoms with van der Waals surface area (Å²) in [6.07, 6.45) is 1.37. The number of hydrazone groups is 1. The fourth-order valence-electron chi connectivity index (χ4n) is 0.806. The molecule has 0 atom stereocenters. The number of benzene rings is 1. The van der Waals surface area contributed by atoms with E-state index in [2.05, 4.69) is 23.2 Å². The average Bonchev–Trinajstić information content (AvgIpc) is 2.20. The lowest BCUT2D eigenvalue weighted by molar-refractivity contribution is -0.118. The molecule has 1 rings (SSSR count). The van der Waals surface area contributed by atoms with Gasteiger partial charge in [-0.2, -0.15) is 17.7 Å². The lowest BCUT2D eigenvalue weighted by Gasteiger charge is -1.97. The largest absolute Gasteiger partial charge is 0.507 e. The van der Waals surface area contributed by atoms with Gasteiger partial charge in [-0.1, -0.05) is 12.1 Å². The standard InChI is InChI=1S/C9H10N2O2S/c12-8-4-2-1-3-7(8)5-10-11-9(13)6-14/h1-5,12,14H,6H2,(H,11,13). The van der Waals surface area contributed by atoms with Gasteiger partial charge in [0.15, 0.2) is 0 Å². The summed E-state index contributed by atoms with van der Waals surface area (Å²) < 4.78 is 0. The molecule has 0 spiro atoms. The van der Waals surface area contributed by atoms with Crippen LogP contribution in [0.5, 0.6) is 5.75 Å². The third-order valence-electron chi connectivity index (χ3n) is 1.47. The maximum Gasteiger partial charge on any atom is 0.249 e. The second-order valence-corrected chi connectivity index (χ2v) is 2.83. The van der Waals surface area contributed by atoms with Gasteiger partial charge in [0, 0.05) is 5.56 Å². The Morgan fingerprint density at radius 3 is 2.93 bits per heavy atom. The quantitative estimate of drug-likeness (QED) is 0.392. The van der Waals surface area contributed by atoms with Gasteiger partial charge in [0.05, 0.1) is 12.0 Å². The molecule has 1 aromatic carbocycles. The van der Waals surface area contributed by atoms with Crippen molar-refractivity contribution in [1.29, 1.82) is 0 Å². The summed E-state index contributed by atoms with van der Waals surface area (Å²) in [6, 6.07) is 6.70. The highest BCUT2D eigenvalue weighted by atomic mass is 32.1. The number of thiol groups is 1. The van der Waals surface area contributed by atoms with E-state index in [9.17, 15) is 9.90 Å². The van der Waals surface area contributed by atoms with Crippen molar-refractivity contribution < 1.29 is 9.90 Å². The molecule has 14 heavy (non-hydrogen) atoms. The first kappa shape index (κ1) is 10.6. The van der Waals surface area contributed by atoms with Crippen molar-refractivity contribution in [2.45, 2.75) is 0 Å². The first-order chi connectivity index (χ1) is 6.74. The number of para-hydroxylation sites is 1. The SMILES string of the molecule is O=C(CS)NN=Cc1ccccc1O. The molecule has 0 saturated carbocycles. The summed E-state index contributed by atoms with van der Waals surface area (Å²) >= 11 is 3.76. The molecule has 0 heterocycles. The van der Waals surface area contributed by atoms with E-state index in [1.165, 1.54) is 6.21 Å². The minimum atomic E-state index is -0.292. The molecular formula is C9H10N2O2S. The summed E-state index contributed by atoms with van der Waals surface area (Å²) in [5.74, 6) is -0.0886. The van der Waals surface area contributed by atoms with E-state index in [0.29, 0.717) is 5.56 Å². The van der Waals surface area contributed by atoms with E-state index in [4.69, 9.17) is 0 Å². The van der Waals surface area contributed by atoms with Crippen LogP contribution in [0.2, 0.25) is 0 Å². The topological polar surface area (TPSA) is 61.7 Å². The van der Waals surface area contributed by atoms with E-state index in [0.717, 1.165) is 0 Å². The van der Waals surface area contributed by atoms with E-state index < -0.39 is 0 Å². The minimum absolute atomic E-state index is 0.0815. The third kappa shape index (κ3) is 3.10. The molecule has 0 aliphatic carbocycles. The third-order valence-corrected chi connectivity index (χ3v) is 1.76. The maximum absolute atomic E-state index is 10.7. The number of nitrogens with one attached hydrogen (secondary N) is 1. The zero-order valence-electron chi connectivity index (χ0n) is 7.34. The molecule has 4 nitrogen and oxygen atoms in total. The molecule has 1 amide bonds. The highest BCUT2D eigenvalue weighted by Gasteiger charge is 1.95. The van der Waals surface area contributed by atoms with E-state index in [1.54, 1.807) is 24.3 Å². The Labute approximate surface area is 87.1 Å². The lowest BCUT2D eigenvalue weighted by atomic mass is 10.2. The van der Waals surface area contributed by atoms with Crippen LogP contribution in [0.15, 0.2) is 29.4 Å². The van der Waals surface area contributed by atoms with Gasteiger partial charge >= 0.3 is 0 Å². The second kappa shape index (κ2) is 5.29. The average molecular weight is 210 g/mol. The van der Waals surface area contributed by atoms with Crippen LogP contribution in [-0.2, 0) is 4.79 Å². The van der Waals surface area contributed by atoms with Gasteiger partial charge < -0.3 is 5.11 Å². The van der Waals surface area contributed by atoms with Gasteiger partial charge in [-0.25, -0.2) is 5.43 Å². The normalized spacial score (nSPS) is 10.4. The molecule has 0 bridgehead atoms. The maximum atomic E-state index is 10.7. The number of phenols is 1. The smallest absolute Gasteiger partial charge is 0.249 e. The number of hydrogen-bond acceptors (Lipinski definition) is 4. The molecule has 0 saturated heterocycles. The summed E-state index contributed by atoms with van der Waals surface area (Å²) in [4.78, 5) is 10.7. The van der Waals surface area contributed by atoms with Crippen LogP contribution >= 0.6 is 12.6 Å². The van der Waals surface area contributed by atoms with Crippen molar-refractivity contribution in [3.63, 3.8) is 0 Å². The van der Waals surface area contributed by atoms with Crippen LogP contribution in [0.25, 0.3) is 0 Å². The fraction of sp³-hybridized carbons (Fsp3) is 0.111. The predicted octanol–water partition coefficient (Wildman–Crippen LogP) is 0.772. The number of amides is 1. The summed E-state index contributed by atoms with van der Waals surface area (Å²) in [6.45, 7) is 0. The lowest BCUT2D eigenvalue weighted by Crippen LogP contribution is -2.18. The Kier molecular flexibility index (Phi) is 4.00. The molecule has 0 aromatic heterocycles. The Bertz CT molecular complexity index is 352. The number of nitrogens with zero attached hydrogens (tertiary/aromatic N) is 1. The fourth-order valence-corrected chi connectivity index (χ4v) is 0.877. The number of phenolic OH excluding ortho intramolecular Hbond substituents is 1. The van der Waals surface area contributed by atoms with Crippen LogP contribution in [0.3, 0.4) is 0 Å². The Hall–Kier alpha value is -1.49. The van der Waals surface area contributed by atoms with E-state index >= 15 is 0 Å². The Morgan fingerprint density at radius 2 is 2.29 bits per heavy atom. The van der Waals surface area contributed by atoms with Crippen LogP contribution in [0, 0.1) is 0 Å². The number of aromatic hydroxyl groups is 1. The van der Waals surface area contributed by atoms with Gasteiger partial charge in [-0.15, -0.1) is 0 Å². The highest BCUT2D eigenvalue weighted by Crippen LogP contribution is 2.12. The number of carbonyl (C=O) groups excluding carboxylic acids is 1. The molecule has 0 fully saturated rings. The molecule has 1 aromatic rings. The van der Waals surface area contributed by atoms with Gasteiger partial charge in [0.25, 0.3) is 0 Å². The number of rotatable bonds is 3. The second-order valence-electron chi connectivity index (χ2n) is 2.51. The Morgan fingerprint density at radius 1 is 1.57 bits per heavy atom. The zero-order valence-corrected chi connectivity index (χ0v) is 8.24. The summed E-state index contributed by atoms with van der Waals surface area (Å²) in [7, 11) is 0. The minimum Gasteiger partial charge on any atom is -0.507 e. The molecule has 0 aliphatic rings. The van der Waals surface area contributed by atoms with Crippen LogP contribution < -0.4 is 5.43 Å². The van der Waals surface area contributed by atoms with Crippen LogP contribution in [0.1, 0.15) is 5.56 Å². The Balaban J connectivity index is 2.60. The van der Waals surface area contributed by atoms with Crippen molar-refractivity contribution in [1.82, 2.24) is 5.43 Å². The molecule has 2 N–H and O–H groups in total. The van der Waals surface area contributed by atoms with Crippen molar-refractivity contribution in [3.8, 4) is 5.75 Å². The van der Waals surface area contributed by atoms with Crippen molar-refractivity contribution in [3.05, 3.63) is 29.8 Å². The predicted molar refractivity (Wildman–Crippen MR) is 57.7 cm³/mol. The van der Waals surface area contributed by atoms with E-state index in [-0.39, 0.29) is 17.4 Å². The van der Waals surface area contributed by atoms with Gasteiger partial charge in [0.1, 0.15) is 5.75 Å². The van der Waals surface area contributed by atoms with Crippen molar-refractivity contribution >= 4 is 24.8 Å². The van der Waals surface area contributed by atoms with Gasteiger partial charge in [-0.3, -0.25) is 4.79 Å².